The van der Waals surface area contributed by atoms with Crippen molar-refractivity contribution in [3.63, 3.8) is 0 Å². The third-order valence-electron chi connectivity index (χ3n) is 2.77. The Morgan fingerprint density at radius 2 is 2.11 bits per heavy atom. The molecule has 0 atom stereocenters. The van der Waals surface area contributed by atoms with Gasteiger partial charge in [-0.25, -0.2) is 0 Å². The summed E-state index contributed by atoms with van der Waals surface area (Å²) < 4.78 is 0. The maximum Gasteiger partial charge on any atom is 0.159 e. The molecular formula is C12H14N6S. The van der Waals surface area contributed by atoms with Crippen molar-refractivity contribution >= 4 is 23.0 Å². The van der Waals surface area contributed by atoms with Gasteiger partial charge in [0.2, 0.25) is 0 Å². The normalized spacial score (nSPS) is 10.2. The molecule has 0 unspecified atom stereocenters. The van der Waals surface area contributed by atoms with Gasteiger partial charge >= 0.3 is 0 Å². The van der Waals surface area contributed by atoms with Gasteiger partial charge in [-0.2, -0.15) is 15.3 Å². The van der Waals surface area contributed by atoms with E-state index in [1.807, 2.05) is 26.0 Å². The van der Waals surface area contributed by atoms with Crippen molar-refractivity contribution in [2.75, 3.05) is 5.32 Å². The number of aromatic nitrogens is 4. The molecule has 2 aromatic rings. The minimum absolute atomic E-state index is 0.303. The molecule has 2 aromatic heterocycles. The van der Waals surface area contributed by atoms with Crippen molar-refractivity contribution in [2.24, 2.45) is 5.73 Å². The number of hydrogen-bond donors (Lipinski definition) is 2. The Labute approximate surface area is 116 Å². The highest BCUT2D eigenvalue weighted by atomic mass is 32.1. The molecule has 0 bridgehead atoms. The fourth-order valence-corrected chi connectivity index (χ4v) is 1.89. The van der Waals surface area contributed by atoms with E-state index in [9.17, 15) is 0 Å². The largest absolute Gasteiger partial charge is 0.389 e. The second kappa shape index (κ2) is 5.66. The molecule has 0 fully saturated rings. The predicted molar refractivity (Wildman–Crippen MR) is 76.8 cm³/mol. The number of aryl methyl sites for hydroxylation is 1. The Hall–Kier alpha value is -2.15. The smallest absolute Gasteiger partial charge is 0.159 e. The molecular weight excluding hydrogens is 260 g/mol. The Bertz CT molecular complexity index is 599. The van der Waals surface area contributed by atoms with E-state index in [-0.39, 0.29) is 0 Å². The van der Waals surface area contributed by atoms with Crippen molar-refractivity contribution in [2.45, 2.75) is 20.4 Å². The van der Waals surface area contributed by atoms with E-state index in [1.54, 1.807) is 6.20 Å². The van der Waals surface area contributed by atoms with Crippen molar-refractivity contribution < 1.29 is 0 Å². The lowest BCUT2D eigenvalue weighted by Gasteiger charge is -2.12. The SMILES string of the molecule is Cc1nnc(NCc2cccnn2)c(C(N)=S)c1C. The number of hydrogen-bond acceptors (Lipinski definition) is 6. The maximum atomic E-state index is 5.75. The first-order chi connectivity index (χ1) is 9.09. The van der Waals surface area contributed by atoms with Gasteiger partial charge in [0.05, 0.1) is 23.5 Å². The third kappa shape index (κ3) is 3.00. The van der Waals surface area contributed by atoms with Gasteiger partial charge in [0.15, 0.2) is 5.82 Å². The molecule has 0 spiro atoms. The molecule has 0 saturated carbocycles. The van der Waals surface area contributed by atoms with E-state index < -0.39 is 0 Å². The molecule has 0 aromatic carbocycles. The van der Waals surface area contributed by atoms with Crippen LogP contribution in [0.1, 0.15) is 22.5 Å². The Morgan fingerprint density at radius 1 is 1.32 bits per heavy atom. The summed E-state index contributed by atoms with van der Waals surface area (Å²) in [6, 6.07) is 3.69. The van der Waals surface area contributed by atoms with Crippen molar-refractivity contribution in [1.82, 2.24) is 20.4 Å². The zero-order valence-electron chi connectivity index (χ0n) is 10.7. The van der Waals surface area contributed by atoms with Crippen LogP contribution in [0.5, 0.6) is 0 Å². The summed E-state index contributed by atoms with van der Waals surface area (Å²) in [5.74, 6) is 0.571. The summed E-state index contributed by atoms with van der Waals surface area (Å²) >= 11 is 5.07. The van der Waals surface area contributed by atoms with Gasteiger partial charge in [-0.1, -0.05) is 12.2 Å². The van der Waals surface area contributed by atoms with Gasteiger partial charge in [0.25, 0.3) is 0 Å². The first-order valence-corrected chi connectivity index (χ1v) is 6.14. The van der Waals surface area contributed by atoms with E-state index in [0.29, 0.717) is 17.4 Å². The van der Waals surface area contributed by atoms with Gasteiger partial charge in [0, 0.05) is 6.20 Å². The minimum atomic E-state index is 0.303. The lowest BCUT2D eigenvalue weighted by atomic mass is 10.1. The maximum absolute atomic E-state index is 5.75. The third-order valence-corrected chi connectivity index (χ3v) is 2.97. The molecule has 0 saturated heterocycles. The van der Waals surface area contributed by atoms with Crippen LogP contribution in [0.2, 0.25) is 0 Å². The molecule has 0 aliphatic carbocycles. The fourth-order valence-electron chi connectivity index (χ4n) is 1.64. The molecule has 0 amide bonds. The van der Waals surface area contributed by atoms with Gasteiger partial charge in [-0.15, -0.1) is 5.10 Å². The molecule has 0 aliphatic rings. The van der Waals surface area contributed by atoms with Gasteiger partial charge in [-0.05, 0) is 31.5 Å². The molecule has 2 rings (SSSR count). The summed E-state index contributed by atoms with van der Waals surface area (Å²) in [7, 11) is 0. The van der Waals surface area contributed by atoms with Crippen LogP contribution >= 0.6 is 12.2 Å². The average Bonchev–Trinajstić information content (AvgIpc) is 2.41. The number of anilines is 1. The van der Waals surface area contributed by atoms with Crippen molar-refractivity contribution in [3.8, 4) is 0 Å². The first-order valence-electron chi connectivity index (χ1n) is 5.73. The first kappa shape index (κ1) is 13.3. The monoisotopic (exact) mass is 274 g/mol. The van der Waals surface area contributed by atoms with Gasteiger partial charge in [-0.3, -0.25) is 0 Å². The van der Waals surface area contributed by atoms with Crippen LogP contribution in [-0.4, -0.2) is 25.4 Å². The van der Waals surface area contributed by atoms with Crippen LogP contribution < -0.4 is 11.1 Å². The molecule has 3 N–H and O–H groups in total. The fraction of sp³-hybridized carbons (Fsp3) is 0.250. The van der Waals surface area contributed by atoms with Crippen LogP contribution in [0.3, 0.4) is 0 Å². The van der Waals surface area contributed by atoms with Crippen molar-refractivity contribution in [1.29, 1.82) is 0 Å². The molecule has 19 heavy (non-hydrogen) atoms. The number of nitrogens with one attached hydrogen (secondary N) is 1. The van der Waals surface area contributed by atoms with Crippen LogP contribution in [-0.2, 0) is 6.54 Å². The topological polar surface area (TPSA) is 89.6 Å². The molecule has 0 radical (unpaired) electrons. The lowest BCUT2D eigenvalue weighted by molar-refractivity contribution is 0.900. The highest BCUT2D eigenvalue weighted by Crippen LogP contribution is 2.18. The zero-order chi connectivity index (χ0) is 13.8. The van der Waals surface area contributed by atoms with E-state index in [4.69, 9.17) is 18.0 Å². The van der Waals surface area contributed by atoms with E-state index in [1.165, 1.54) is 0 Å². The van der Waals surface area contributed by atoms with Gasteiger partial charge < -0.3 is 11.1 Å². The van der Waals surface area contributed by atoms with Crippen LogP contribution in [0.4, 0.5) is 5.82 Å². The minimum Gasteiger partial charge on any atom is -0.389 e. The highest BCUT2D eigenvalue weighted by molar-refractivity contribution is 7.80. The summed E-state index contributed by atoms with van der Waals surface area (Å²) in [5.41, 5.74) is 9.03. The summed E-state index contributed by atoms with van der Waals surface area (Å²) in [4.78, 5) is 0.303. The Kier molecular flexibility index (Phi) is 3.96. The quantitative estimate of drug-likeness (QED) is 0.808. The highest BCUT2D eigenvalue weighted by Gasteiger charge is 2.13. The molecule has 2 heterocycles. The lowest BCUT2D eigenvalue weighted by Crippen LogP contribution is -2.18. The van der Waals surface area contributed by atoms with Crippen LogP contribution in [0, 0.1) is 13.8 Å². The number of nitrogens with zero attached hydrogens (tertiary/aromatic N) is 4. The second-order valence-electron chi connectivity index (χ2n) is 4.07. The summed E-state index contributed by atoms with van der Waals surface area (Å²) in [5, 5.41) is 19.1. The molecule has 7 heteroatoms. The van der Waals surface area contributed by atoms with E-state index >= 15 is 0 Å². The van der Waals surface area contributed by atoms with Gasteiger partial charge in [0.1, 0.15) is 4.99 Å². The van der Waals surface area contributed by atoms with E-state index in [0.717, 1.165) is 22.5 Å². The molecule has 0 aliphatic heterocycles. The molecule has 98 valence electrons. The summed E-state index contributed by atoms with van der Waals surface area (Å²) in [6.07, 6.45) is 1.62. The number of rotatable bonds is 4. The average molecular weight is 274 g/mol. The standard InChI is InChI=1S/C12H14N6S/c1-7-8(2)16-18-12(10(7)11(13)19)14-6-9-4-3-5-15-17-9/h3-5H,6H2,1-2H3,(H2,13,19)(H,14,18). The molecule has 6 nitrogen and oxygen atoms in total. The Balaban J connectivity index is 2.26. The Morgan fingerprint density at radius 3 is 2.74 bits per heavy atom. The van der Waals surface area contributed by atoms with Crippen molar-refractivity contribution in [3.05, 3.63) is 40.8 Å². The zero-order valence-corrected chi connectivity index (χ0v) is 11.5. The summed E-state index contributed by atoms with van der Waals surface area (Å²) in [6.45, 7) is 4.28. The van der Waals surface area contributed by atoms with Crippen LogP contribution in [0.25, 0.3) is 0 Å². The number of nitrogens with two attached hydrogens (primary N) is 1. The van der Waals surface area contributed by atoms with Crippen LogP contribution in [0.15, 0.2) is 18.3 Å². The second-order valence-corrected chi connectivity index (χ2v) is 4.51. The predicted octanol–water partition coefficient (Wildman–Crippen LogP) is 1.13. The van der Waals surface area contributed by atoms with E-state index in [2.05, 4.69) is 25.7 Å². The number of thiocarbonyl (C=S) groups is 1.